The fourth-order valence-electron chi connectivity index (χ4n) is 10.8. The lowest BCUT2D eigenvalue weighted by molar-refractivity contribution is 0.590. The Morgan fingerprint density at radius 3 is 1.97 bits per heavy atom. The summed E-state index contributed by atoms with van der Waals surface area (Å²) in [6.07, 6.45) is 0. The van der Waals surface area contributed by atoms with Crippen LogP contribution in [0.15, 0.2) is 138 Å². The van der Waals surface area contributed by atoms with Crippen LogP contribution in [-0.2, 0) is 21.7 Å². The van der Waals surface area contributed by atoms with E-state index in [4.69, 9.17) is 4.42 Å². The number of anilines is 2. The van der Waals surface area contributed by atoms with Gasteiger partial charge >= 0.3 is 0 Å². The third-order valence-electron chi connectivity index (χ3n) is 14.2. The van der Waals surface area contributed by atoms with Crippen LogP contribution in [0.3, 0.4) is 0 Å². The lowest BCUT2D eigenvalue weighted by Gasteiger charge is -2.31. The van der Waals surface area contributed by atoms with Gasteiger partial charge < -0.3 is 14.3 Å². The van der Waals surface area contributed by atoms with Gasteiger partial charge in [-0.1, -0.05) is 167 Å². The lowest BCUT2D eigenvalue weighted by atomic mass is 9.57. The molecule has 4 heteroatoms. The van der Waals surface area contributed by atoms with Gasteiger partial charge in [0.15, 0.2) is 7.28 Å². The van der Waals surface area contributed by atoms with E-state index in [1.165, 1.54) is 88.5 Å². The van der Waals surface area contributed by atoms with Crippen LogP contribution in [-0.4, -0.2) is 11.8 Å². The number of fused-ring (bicyclic) bond motifs is 10. The van der Waals surface area contributed by atoms with E-state index < -0.39 is 0 Å². The molecule has 1 aliphatic carbocycles. The minimum atomic E-state index is -0.273. The van der Waals surface area contributed by atoms with Crippen LogP contribution in [0.25, 0.3) is 72.0 Å². The molecule has 7 aromatic carbocycles. The molecule has 3 nitrogen and oxygen atoms in total. The zero-order chi connectivity index (χ0) is 44.0. The van der Waals surface area contributed by atoms with Gasteiger partial charge in [0.05, 0.1) is 5.52 Å². The second-order valence-corrected chi connectivity index (χ2v) is 21.9. The molecule has 0 spiro atoms. The van der Waals surface area contributed by atoms with Crippen LogP contribution in [0, 0.1) is 0 Å². The van der Waals surface area contributed by atoms with Gasteiger partial charge in [-0.25, -0.2) is 0 Å². The maximum absolute atomic E-state index is 6.72. The van der Waals surface area contributed by atoms with Gasteiger partial charge in [0, 0.05) is 61.3 Å². The summed E-state index contributed by atoms with van der Waals surface area (Å²) >= 11 is 0. The van der Waals surface area contributed by atoms with Gasteiger partial charge in [0.25, 0.3) is 0 Å². The van der Waals surface area contributed by atoms with Crippen molar-refractivity contribution in [1.82, 2.24) is 4.57 Å². The molecule has 2 aromatic heterocycles. The predicted molar refractivity (Wildman–Crippen MR) is 271 cm³/mol. The average Bonchev–Trinajstić information content (AvgIpc) is 3.88. The van der Waals surface area contributed by atoms with Crippen LogP contribution in [0.4, 0.5) is 11.4 Å². The molecule has 11 rings (SSSR count). The van der Waals surface area contributed by atoms with E-state index in [-0.39, 0.29) is 21.7 Å². The zero-order valence-electron chi connectivity index (χ0n) is 38.8. The van der Waals surface area contributed by atoms with Crippen LogP contribution >= 0.6 is 0 Å². The molecule has 63 heavy (non-hydrogen) atoms. The zero-order valence-corrected chi connectivity index (χ0v) is 38.8. The molecule has 3 heterocycles. The van der Waals surface area contributed by atoms with Crippen molar-refractivity contribution in [2.45, 2.75) is 97.8 Å². The molecule has 2 aliphatic rings. The third kappa shape index (κ3) is 6.08. The van der Waals surface area contributed by atoms with E-state index in [2.05, 4.69) is 220 Å². The van der Waals surface area contributed by atoms with Gasteiger partial charge in [-0.15, -0.1) is 0 Å². The molecule has 312 valence electrons. The number of nitrogens with zero attached hydrogens (tertiary/aromatic N) is 1. The number of nitrogens with one attached hydrogen (secondary N) is 1. The van der Waals surface area contributed by atoms with Gasteiger partial charge in [-0.3, -0.25) is 0 Å². The molecule has 0 bridgehead atoms. The quantitative estimate of drug-likeness (QED) is 0.179. The van der Waals surface area contributed by atoms with Crippen LogP contribution in [0.1, 0.15) is 104 Å². The lowest BCUT2D eigenvalue weighted by Crippen LogP contribution is -2.38. The molecule has 0 radical (unpaired) electrons. The van der Waals surface area contributed by atoms with Gasteiger partial charge in [0.2, 0.25) is 0 Å². The minimum absolute atomic E-state index is 0.0168. The Kier molecular flexibility index (Phi) is 8.41. The third-order valence-corrected chi connectivity index (χ3v) is 14.2. The highest BCUT2D eigenvalue weighted by molar-refractivity contribution is 6.74. The Labute approximate surface area is 373 Å². The molecule has 0 amide bonds. The first-order valence-electron chi connectivity index (χ1n) is 22.8. The largest absolute Gasteiger partial charge is 0.456 e. The van der Waals surface area contributed by atoms with Crippen molar-refractivity contribution in [3.8, 4) is 39.3 Å². The van der Waals surface area contributed by atoms with E-state index >= 15 is 0 Å². The Balaban J connectivity index is 1.28. The van der Waals surface area contributed by atoms with Gasteiger partial charge in [0.1, 0.15) is 11.3 Å². The van der Waals surface area contributed by atoms with Crippen molar-refractivity contribution in [3.05, 3.63) is 161 Å². The molecule has 0 saturated heterocycles. The normalized spacial score (nSPS) is 14.2. The Bertz CT molecular complexity index is 3340. The number of hydrogen-bond acceptors (Lipinski definition) is 2. The summed E-state index contributed by atoms with van der Waals surface area (Å²) in [5.74, 6) is 0.894. The van der Waals surface area contributed by atoms with Gasteiger partial charge in [-0.05, 0) is 109 Å². The fourth-order valence-corrected chi connectivity index (χ4v) is 10.8. The molecule has 0 atom stereocenters. The Morgan fingerprint density at radius 2 is 1.25 bits per heavy atom. The molecular weight excluding hydrogens is 763 g/mol. The first-order valence-corrected chi connectivity index (χ1v) is 22.8. The first-order chi connectivity index (χ1) is 29.9. The van der Waals surface area contributed by atoms with Crippen LogP contribution in [0.5, 0.6) is 0 Å². The van der Waals surface area contributed by atoms with Crippen LogP contribution in [0.2, 0.25) is 0 Å². The summed E-state index contributed by atoms with van der Waals surface area (Å²) in [4.78, 5) is 0. The minimum Gasteiger partial charge on any atom is -0.456 e. The van der Waals surface area contributed by atoms with Crippen molar-refractivity contribution in [1.29, 1.82) is 0 Å². The maximum atomic E-state index is 6.72. The number of benzene rings is 7. The van der Waals surface area contributed by atoms with Crippen LogP contribution < -0.4 is 16.2 Å². The summed E-state index contributed by atoms with van der Waals surface area (Å²) in [6, 6.07) is 50.1. The molecule has 9 aromatic rings. The average molecular weight is 821 g/mol. The number of furan rings is 1. The van der Waals surface area contributed by atoms with E-state index in [1.807, 2.05) is 0 Å². The monoisotopic (exact) mass is 820 g/mol. The number of aromatic nitrogens is 1. The standard InChI is InChI=1S/C59H57BN2O/c1-56(2,3)36-21-25-39(26-22-36)61-45-27-23-37(57(4,5)6)31-41(45)52-53-50(40-19-15-16-20-43(40)59(53,10)11)51-42-32-38(58(7,8)9)24-28-46(42)62-47-33-49-35(29-44(47)60-54(52)55(51)62)30-48(63-49)34-17-13-12-14-18-34/h12-33,60-61H,1-11H3. The molecule has 1 aliphatic heterocycles. The molecule has 0 saturated carbocycles. The van der Waals surface area contributed by atoms with E-state index in [1.54, 1.807) is 0 Å². The summed E-state index contributed by atoms with van der Waals surface area (Å²) in [7, 11) is 0.796. The SMILES string of the molecule is CC(C)(C)c1ccc(Nc2ccc(C(C)(C)C)cc2-c2c3c(c4c5cc(C(C)(C)C)ccc5n5c4c2Bc2cc4cc(-c6ccccc6)oc4cc2-5)-c2ccccc2C3(C)C)cc1. The highest BCUT2D eigenvalue weighted by Gasteiger charge is 2.43. The van der Waals surface area contributed by atoms with Crippen molar-refractivity contribution in [3.63, 3.8) is 0 Å². The van der Waals surface area contributed by atoms with E-state index in [9.17, 15) is 0 Å². The fraction of sp³-hybridized carbons (Fsp3) is 0.254. The second-order valence-electron chi connectivity index (χ2n) is 21.9. The second kappa shape index (κ2) is 13.4. The topological polar surface area (TPSA) is 30.1 Å². The Morgan fingerprint density at radius 1 is 0.603 bits per heavy atom. The number of rotatable bonds is 4. The Hall–Kier alpha value is -6.26. The maximum Gasteiger partial charge on any atom is 0.198 e. The van der Waals surface area contributed by atoms with E-state index in [0.29, 0.717) is 0 Å². The summed E-state index contributed by atoms with van der Waals surface area (Å²) in [6.45, 7) is 25.8. The van der Waals surface area contributed by atoms with Crippen molar-refractivity contribution >= 4 is 62.4 Å². The van der Waals surface area contributed by atoms with E-state index in [0.717, 1.165) is 40.9 Å². The highest BCUT2D eigenvalue weighted by Crippen LogP contribution is 2.57. The van der Waals surface area contributed by atoms with Crippen molar-refractivity contribution in [2.24, 2.45) is 0 Å². The summed E-state index contributed by atoms with van der Waals surface area (Å²) in [5, 5.41) is 7.79. The molecule has 0 unspecified atom stereocenters. The van der Waals surface area contributed by atoms with Crippen molar-refractivity contribution in [2.75, 3.05) is 5.32 Å². The summed E-state index contributed by atoms with van der Waals surface area (Å²) < 4.78 is 9.32. The predicted octanol–water partition coefficient (Wildman–Crippen LogP) is 14.5. The molecule has 1 N–H and O–H groups in total. The first kappa shape index (κ1) is 39.6. The summed E-state index contributed by atoms with van der Waals surface area (Å²) in [5.41, 5.74) is 22.5. The molecular formula is C59H57BN2O. The molecule has 0 fully saturated rings. The smallest absolute Gasteiger partial charge is 0.198 e. The number of hydrogen-bond donors (Lipinski definition) is 1. The highest BCUT2D eigenvalue weighted by atomic mass is 16.3. The van der Waals surface area contributed by atoms with Gasteiger partial charge in [-0.2, -0.15) is 0 Å². The van der Waals surface area contributed by atoms with Crippen molar-refractivity contribution < 1.29 is 4.42 Å².